The van der Waals surface area contributed by atoms with E-state index in [4.69, 9.17) is 9.72 Å². The molecule has 1 aliphatic heterocycles. The Morgan fingerprint density at radius 1 is 1.10 bits per heavy atom. The molecule has 1 aliphatic rings. The average molecular weight is 536 g/mol. The number of nitrogens with one attached hydrogen (secondary N) is 1. The van der Waals surface area contributed by atoms with Crippen LogP contribution >= 0.6 is 0 Å². The molecule has 40 heavy (non-hydrogen) atoms. The van der Waals surface area contributed by atoms with E-state index in [1.54, 1.807) is 9.42 Å². The van der Waals surface area contributed by atoms with E-state index in [1.165, 1.54) is 12.7 Å². The largest absolute Gasteiger partial charge is 0.457 e. The van der Waals surface area contributed by atoms with Gasteiger partial charge in [0.15, 0.2) is 11.5 Å². The van der Waals surface area contributed by atoms with Crippen molar-refractivity contribution in [1.82, 2.24) is 34.4 Å². The highest BCUT2D eigenvalue weighted by molar-refractivity contribution is 6.08. The zero-order valence-electron chi connectivity index (χ0n) is 22.7. The summed E-state index contributed by atoms with van der Waals surface area (Å²) in [6, 6.07) is 13.2. The molecule has 1 N–H and O–H groups in total. The number of hydrogen-bond acceptors (Lipinski definition) is 9. The van der Waals surface area contributed by atoms with Crippen molar-refractivity contribution >= 4 is 39.9 Å². The lowest BCUT2D eigenvalue weighted by Crippen LogP contribution is -2.26. The van der Waals surface area contributed by atoms with Gasteiger partial charge in [-0.15, -0.1) is 0 Å². The number of carbonyl (C=O) groups excluding carboxylic acids is 1. The maximum Gasteiger partial charge on any atom is 0.255 e. The Kier molecular flexibility index (Phi) is 6.56. The summed E-state index contributed by atoms with van der Waals surface area (Å²) in [7, 11) is 3.97. The highest BCUT2D eigenvalue weighted by atomic mass is 16.5. The molecule has 1 fully saturated rings. The number of likely N-dealkylation sites (N-methyl/N-ethyl adjacent to an activating group) is 1. The molecular formula is C29H29N9O2. The van der Waals surface area contributed by atoms with Crippen LogP contribution in [0.25, 0.3) is 16.7 Å². The smallest absolute Gasteiger partial charge is 0.255 e. The number of aryl methyl sites for hydroxylation is 1. The fourth-order valence-corrected chi connectivity index (χ4v) is 4.73. The Balaban J connectivity index is 1.24. The molecule has 0 spiro atoms. The van der Waals surface area contributed by atoms with E-state index < -0.39 is 0 Å². The minimum Gasteiger partial charge on any atom is -0.457 e. The SMILES string of the molecule is Cc1cc(Nc2ncnc3ccc(N4C[C@@H](C)/C(=C\CN(C)C)C4=O)nc23)ccc1Oc1ccn2ncnc2c1. The first-order valence-corrected chi connectivity index (χ1v) is 13.0. The zero-order valence-corrected chi connectivity index (χ0v) is 22.7. The number of rotatable bonds is 7. The number of amides is 1. The first kappa shape index (κ1) is 25.4. The molecule has 5 heterocycles. The number of benzene rings is 1. The van der Waals surface area contributed by atoms with Crippen LogP contribution < -0.4 is 15.0 Å². The molecule has 1 atom stereocenters. The molecule has 0 unspecified atom stereocenters. The summed E-state index contributed by atoms with van der Waals surface area (Å²) in [5, 5.41) is 7.48. The van der Waals surface area contributed by atoms with Gasteiger partial charge in [0.2, 0.25) is 0 Å². The van der Waals surface area contributed by atoms with Gasteiger partial charge in [-0.25, -0.2) is 24.5 Å². The van der Waals surface area contributed by atoms with Crippen molar-refractivity contribution in [2.24, 2.45) is 5.92 Å². The van der Waals surface area contributed by atoms with Crippen LogP contribution in [0.15, 0.2) is 73.0 Å². The normalized spacial score (nSPS) is 16.5. The van der Waals surface area contributed by atoms with Crippen LogP contribution in [0.2, 0.25) is 0 Å². The van der Waals surface area contributed by atoms with Gasteiger partial charge in [-0.3, -0.25) is 9.69 Å². The van der Waals surface area contributed by atoms with E-state index in [9.17, 15) is 4.79 Å². The summed E-state index contributed by atoms with van der Waals surface area (Å²) < 4.78 is 7.78. The fraction of sp³-hybridized carbons (Fsp3) is 0.241. The minimum atomic E-state index is -0.0121. The van der Waals surface area contributed by atoms with Crippen LogP contribution in [-0.2, 0) is 4.79 Å². The van der Waals surface area contributed by atoms with Crippen LogP contribution in [0.1, 0.15) is 12.5 Å². The van der Waals surface area contributed by atoms with Crippen molar-refractivity contribution < 1.29 is 9.53 Å². The molecule has 5 aromatic rings. The topological polar surface area (TPSA) is 114 Å². The molecule has 1 saturated heterocycles. The molecule has 0 saturated carbocycles. The van der Waals surface area contributed by atoms with Gasteiger partial charge in [-0.05, 0) is 63.0 Å². The average Bonchev–Trinajstić information content (AvgIpc) is 3.52. The third-order valence-electron chi connectivity index (χ3n) is 6.82. The van der Waals surface area contributed by atoms with E-state index in [1.807, 2.05) is 80.7 Å². The summed E-state index contributed by atoms with van der Waals surface area (Å²) >= 11 is 0. The number of hydrogen-bond donors (Lipinski definition) is 1. The lowest BCUT2D eigenvalue weighted by atomic mass is 10.0. The van der Waals surface area contributed by atoms with Crippen LogP contribution in [-0.4, -0.2) is 67.5 Å². The maximum absolute atomic E-state index is 13.2. The highest BCUT2D eigenvalue weighted by Gasteiger charge is 2.34. The second-order valence-corrected chi connectivity index (χ2v) is 10.1. The van der Waals surface area contributed by atoms with Crippen LogP contribution in [0.5, 0.6) is 11.5 Å². The van der Waals surface area contributed by atoms with Crippen LogP contribution in [0, 0.1) is 12.8 Å². The van der Waals surface area contributed by atoms with Gasteiger partial charge < -0.3 is 15.0 Å². The first-order valence-electron chi connectivity index (χ1n) is 13.0. The van der Waals surface area contributed by atoms with Crippen molar-refractivity contribution in [3.63, 3.8) is 0 Å². The van der Waals surface area contributed by atoms with Gasteiger partial charge in [0.05, 0.1) is 5.52 Å². The molecule has 202 valence electrons. The van der Waals surface area contributed by atoms with Gasteiger partial charge in [-0.2, -0.15) is 5.10 Å². The quantitative estimate of drug-likeness (QED) is 0.303. The summed E-state index contributed by atoms with van der Waals surface area (Å²) in [6.07, 6.45) is 6.82. The highest BCUT2D eigenvalue weighted by Crippen LogP contribution is 2.32. The van der Waals surface area contributed by atoms with Crippen molar-refractivity contribution in [3.05, 3.63) is 78.5 Å². The molecule has 0 bridgehead atoms. The monoisotopic (exact) mass is 535 g/mol. The summed E-state index contributed by atoms with van der Waals surface area (Å²) in [4.78, 5) is 34.9. The Hall–Kier alpha value is -4.90. The van der Waals surface area contributed by atoms with Crippen molar-refractivity contribution in [2.45, 2.75) is 13.8 Å². The van der Waals surface area contributed by atoms with Crippen molar-refractivity contribution in [3.8, 4) is 11.5 Å². The predicted molar refractivity (Wildman–Crippen MR) is 153 cm³/mol. The molecule has 0 radical (unpaired) electrons. The van der Waals surface area contributed by atoms with Crippen LogP contribution in [0.4, 0.5) is 17.3 Å². The maximum atomic E-state index is 13.2. The van der Waals surface area contributed by atoms with Crippen molar-refractivity contribution in [1.29, 1.82) is 0 Å². The third-order valence-corrected chi connectivity index (χ3v) is 6.82. The lowest BCUT2D eigenvalue weighted by molar-refractivity contribution is -0.114. The Bertz CT molecular complexity index is 1760. The second kappa shape index (κ2) is 10.3. The van der Waals surface area contributed by atoms with Gasteiger partial charge in [-0.1, -0.05) is 13.0 Å². The Labute approximate surface area is 231 Å². The third kappa shape index (κ3) is 4.94. The number of pyridine rings is 2. The first-order chi connectivity index (χ1) is 19.4. The van der Waals surface area contributed by atoms with Crippen LogP contribution in [0.3, 0.4) is 0 Å². The summed E-state index contributed by atoms with van der Waals surface area (Å²) in [6.45, 7) is 5.34. The fourth-order valence-electron chi connectivity index (χ4n) is 4.73. The Morgan fingerprint density at radius 3 is 2.80 bits per heavy atom. The van der Waals surface area contributed by atoms with E-state index in [0.717, 1.165) is 22.6 Å². The van der Waals surface area contributed by atoms with Gasteiger partial charge in [0, 0.05) is 42.5 Å². The van der Waals surface area contributed by atoms with E-state index >= 15 is 0 Å². The summed E-state index contributed by atoms with van der Waals surface area (Å²) in [5.41, 5.74) is 4.56. The van der Waals surface area contributed by atoms with Gasteiger partial charge in [0.25, 0.3) is 5.91 Å². The zero-order chi connectivity index (χ0) is 27.8. The molecule has 1 aromatic carbocycles. The predicted octanol–water partition coefficient (Wildman–Crippen LogP) is 4.38. The second-order valence-electron chi connectivity index (χ2n) is 10.1. The number of nitrogens with zero attached hydrogens (tertiary/aromatic N) is 8. The van der Waals surface area contributed by atoms with Crippen molar-refractivity contribution in [2.75, 3.05) is 37.4 Å². The standard InChI is InChI=1S/C29H29N9O2/c1-18-13-20(5-7-24(18)40-21-9-12-38-26(14-21)31-17-33-38)34-28-27-23(30-16-32-28)6-8-25(35-27)37-15-19(2)22(29(37)39)10-11-36(3)4/h5-10,12-14,16-17,19H,11,15H2,1-4H3,(H,30,32,34)/b22-10+/t19-/m1/s1. The molecule has 1 amide bonds. The molecule has 11 heteroatoms. The lowest BCUT2D eigenvalue weighted by Gasteiger charge is -2.16. The number of aromatic nitrogens is 6. The number of carbonyl (C=O) groups is 1. The number of fused-ring (bicyclic) bond motifs is 2. The van der Waals surface area contributed by atoms with Gasteiger partial charge >= 0.3 is 0 Å². The van der Waals surface area contributed by atoms with E-state index in [0.29, 0.717) is 47.2 Å². The number of anilines is 3. The molecular weight excluding hydrogens is 506 g/mol. The van der Waals surface area contributed by atoms with E-state index in [-0.39, 0.29) is 11.8 Å². The molecule has 11 nitrogen and oxygen atoms in total. The Morgan fingerprint density at radius 2 is 1.98 bits per heavy atom. The molecule has 4 aromatic heterocycles. The van der Waals surface area contributed by atoms with Gasteiger partial charge in [0.1, 0.15) is 35.5 Å². The number of ether oxygens (including phenoxy) is 1. The molecule has 6 rings (SSSR count). The minimum absolute atomic E-state index is 0.0121. The summed E-state index contributed by atoms with van der Waals surface area (Å²) in [5.74, 6) is 2.65. The van der Waals surface area contributed by atoms with E-state index in [2.05, 4.69) is 32.3 Å². The molecule has 0 aliphatic carbocycles.